The number of benzene rings is 1. The van der Waals surface area contributed by atoms with Crippen molar-refractivity contribution in [2.24, 2.45) is 0 Å². The Kier molecular flexibility index (Phi) is 4.96. The van der Waals surface area contributed by atoms with Gasteiger partial charge in [0.1, 0.15) is 11.9 Å². The Hall–Kier alpha value is -1.17. The predicted octanol–water partition coefficient (Wildman–Crippen LogP) is 2.07. The van der Waals surface area contributed by atoms with Gasteiger partial charge in [-0.2, -0.15) is 0 Å². The highest BCUT2D eigenvalue weighted by Crippen LogP contribution is 2.20. The van der Waals surface area contributed by atoms with Crippen LogP contribution >= 0.6 is 11.6 Å². The van der Waals surface area contributed by atoms with E-state index in [4.69, 9.17) is 16.7 Å². The Labute approximate surface area is 122 Å². The van der Waals surface area contributed by atoms with Crippen LogP contribution < -0.4 is 0 Å². The number of rotatable bonds is 4. The van der Waals surface area contributed by atoms with Crippen LogP contribution in [0.25, 0.3) is 0 Å². The third-order valence-electron chi connectivity index (χ3n) is 3.72. The molecule has 0 aromatic heterocycles. The lowest BCUT2D eigenvalue weighted by atomic mass is 10.1. The topological polar surface area (TPSA) is 43.8 Å². The summed E-state index contributed by atoms with van der Waals surface area (Å²) in [5.74, 6) is -1.13. The van der Waals surface area contributed by atoms with Gasteiger partial charge < -0.3 is 5.11 Å². The van der Waals surface area contributed by atoms with E-state index in [-0.39, 0.29) is 5.82 Å². The van der Waals surface area contributed by atoms with Gasteiger partial charge >= 0.3 is 5.97 Å². The number of halogens is 2. The second kappa shape index (κ2) is 6.52. The van der Waals surface area contributed by atoms with Crippen LogP contribution in [0.5, 0.6) is 0 Å². The number of piperazine rings is 1. The third-order valence-corrected chi connectivity index (χ3v) is 4.07. The summed E-state index contributed by atoms with van der Waals surface area (Å²) in [6.45, 7) is 5.36. The molecule has 20 heavy (non-hydrogen) atoms. The first kappa shape index (κ1) is 15.2. The highest BCUT2D eigenvalue weighted by Gasteiger charge is 2.25. The number of hydrogen-bond donors (Lipinski definition) is 1. The Balaban J connectivity index is 1.90. The van der Waals surface area contributed by atoms with Crippen LogP contribution in [0.1, 0.15) is 12.5 Å². The van der Waals surface area contributed by atoms with Crippen molar-refractivity contribution in [2.75, 3.05) is 26.2 Å². The van der Waals surface area contributed by atoms with Crippen LogP contribution in [0.2, 0.25) is 5.02 Å². The zero-order valence-corrected chi connectivity index (χ0v) is 12.1. The van der Waals surface area contributed by atoms with Crippen LogP contribution in [0.4, 0.5) is 4.39 Å². The molecule has 0 radical (unpaired) electrons. The summed E-state index contributed by atoms with van der Waals surface area (Å²) < 4.78 is 13.0. The molecular formula is C14H18ClFN2O2. The SMILES string of the molecule is CC(C(=O)O)N1CCN(Cc2ccc(F)cc2Cl)CC1. The van der Waals surface area contributed by atoms with E-state index in [1.165, 1.54) is 12.1 Å². The van der Waals surface area contributed by atoms with Gasteiger partial charge in [0, 0.05) is 37.7 Å². The Morgan fingerprint density at radius 1 is 1.40 bits per heavy atom. The third kappa shape index (κ3) is 3.69. The fourth-order valence-electron chi connectivity index (χ4n) is 2.36. The minimum atomic E-state index is -0.792. The van der Waals surface area contributed by atoms with Crippen molar-refractivity contribution in [3.63, 3.8) is 0 Å². The number of hydrogen-bond acceptors (Lipinski definition) is 3. The summed E-state index contributed by atoms with van der Waals surface area (Å²) in [7, 11) is 0. The van der Waals surface area contributed by atoms with Crippen molar-refractivity contribution < 1.29 is 14.3 Å². The molecule has 1 heterocycles. The number of nitrogens with zero attached hydrogens (tertiary/aromatic N) is 2. The van der Waals surface area contributed by atoms with E-state index < -0.39 is 12.0 Å². The van der Waals surface area contributed by atoms with E-state index in [0.717, 1.165) is 18.7 Å². The molecule has 0 saturated carbocycles. The fourth-order valence-corrected chi connectivity index (χ4v) is 2.58. The Morgan fingerprint density at radius 3 is 2.60 bits per heavy atom. The maximum Gasteiger partial charge on any atom is 0.320 e. The zero-order chi connectivity index (χ0) is 14.7. The molecule has 1 aliphatic heterocycles. The van der Waals surface area contributed by atoms with E-state index in [9.17, 15) is 9.18 Å². The van der Waals surface area contributed by atoms with Crippen LogP contribution in [-0.4, -0.2) is 53.1 Å². The molecule has 1 aromatic carbocycles. The molecule has 0 amide bonds. The molecule has 6 heteroatoms. The van der Waals surface area contributed by atoms with Gasteiger partial charge in [-0.3, -0.25) is 14.6 Å². The molecule has 110 valence electrons. The molecule has 1 atom stereocenters. The second-order valence-corrected chi connectivity index (χ2v) is 5.47. The molecule has 1 N–H and O–H groups in total. The maximum atomic E-state index is 13.0. The van der Waals surface area contributed by atoms with Gasteiger partial charge in [-0.05, 0) is 24.6 Å². The molecule has 0 spiro atoms. The van der Waals surface area contributed by atoms with Gasteiger partial charge in [0.25, 0.3) is 0 Å². The first-order chi connectivity index (χ1) is 9.47. The number of carboxylic acid groups (broad SMARTS) is 1. The Bertz CT molecular complexity index is 490. The van der Waals surface area contributed by atoms with E-state index in [1.807, 2.05) is 4.90 Å². The van der Waals surface area contributed by atoms with Crippen molar-refractivity contribution >= 4 is 17.6 Å². The summed E-state index contributed by atoms with van der Waals surface area (Å²) in [6.07, 6.45) is 0. The van der Waals surface area contributed by atoms with E-state index >= 15 is 0 Å². The van der Waals surface area contributed by atoms with Crippen LogP contribution in [0, 0.1) is 5.82 Å². The van der Waals surface area contributed by atoms with Gasteiger partial charge in [-0.1, -0.05) is 17.7 Å². The van der Waals surface area contributed by atoms with Gasteiger partial charge in [0.2, 0.25) is 0 Å². The average Bonchev–Trinajstić information content (AvgIpc) is 2.42. The number of carboxylic acids is 1. The lowest BCUT2D eigenvalue weighted by Crippen LogP contribution is -2.51. The molecular weight excluding hydrogens is 283 g/mol. The van der Waals surface area contributed by atoms with E-state index in [1.54, 1.807) is 13.0 Å². The highest BCUT2D eigenvalue weighted by atomic mass is 35.5. The standard InChI is InChI=1S/C14H18ClFN2O2/c1-10(14(19)20)18-6-4-17(5-7-18)9-11-2-3-12(16)8-13(11)15/h2-3,8,10H,4-7,9H2,1H3,(H,19,20). The van der Waals surface area contributed by atoms with E-state index in [0.29, 0.717) is 24.7 Å². The van der Waals surface area contributed by atoms with Crippen LogP contribution in [0.3, 0.4) is 0 Å². The molecule has 0 bridgehead atoms. The molecule has 1 aliphatic rings. The van der Waals surface area contributed by atoms with Crippen LogP contribution in [0.15, 0.2) is 18.2 Å². The molecule has 1 aromatic rings. The second-order valence-electron chi connectivity index (χ2n) is 5.06. The minimum absolute atomic E-state index is 0.334. The van der Waals surface area contributed by atoms with E-state index in [2.05, 4.69) is 4.90 Å². The summed E-state index contributed by atoms with van der Waals surface area (Å²) in [5, 5.41) is 9.43. The molecule has 0 aliphatic carbocycles. The van der Waals surface area contributed by atoms with Crippen LogP contribution in [-0.2, 0) is 11.3 Å². The summed E-state index contributed by atoms with van der Waals surface area (Å²) in [6, 6.07) is 3.97. The number of aliphatic carboxylic acids is 1. The Morgan fingerprint density at radius 2 is 2.05 bits per heavy atom. The molecule has 1 saturated heterocycles. The maximum absolute atomic E-state index is 13.0. The van der Waals surface area contributed by atoms with Gasteiger partial charge in [-0.25, -0.2) is 4.39 Å². The van der Waals surface area contributed by atoms with Crippen molar-refractivity contribution in [1.29, 1.82) is 0 Å². The van der Waals surface area contributed by atoms with Crippen molar-refractivity contribution in [3.05, 3.63) is 34.6 Å². The quantitative estimate of drug-likeness (QED) is 0.924. The molecule has 4 nitrogen and oxygen atoms in total. The van der Waals surface area contributed by atoms with Gasteiger partial charge in [0.05, 0.1) is 0 Å². The van der Waals surface area contributed by atoms with Gasteiger partial charge in [-0.15, -0.1) is 0 Å². The van der Waals surface area contributed by atoms with Crippen molar-refractivity contribution in [2.45, 2.75) is 19.5 Å². The molecule has 1 fully saturated rings. The largest absolute Gasteiger partial charge is 0.480 e. The monoisotopic (exact) mass is 300 g/mol. The fraction of sp³-hybridized carbons (Fsp3) is 0.500. The normalized spacial score (nSPS) is 18.9. The average molecular weight is 301 g/mol. The first-order valence-electron chi connectivity index (χ1n) is 6.60. The highest BCUT2D eigenvalue weighted by molar-refractivity contribution is 6.31. The smallest absolute Gasteiger partial charge is 0.320 e. The summed E-state index contributed by atoms with van der Waals surface area (Å²) in [4.78, 5) is 15.1. The van der Waals surface area contributed by atoms with Crippen molar-refractivity contribution in [3.8, 4) is 0 Å². The summed E-state index contributed by atoms with van der Waals surface area (Å²) in [5.41, 5.74) is 0.896. The minimum Gasteiger partial charge on any atom is -0.480 e. The lowest BCUT2D eigenvalue weighted by molar-refractivity contribution is -0.143. The van der Waals surface area contributed by atoms with Crippen molar-refractivity contribution in [1.82, 2.24) is 9.80 Å². The number of carbonyl (C=O) groups is 1. The lowest BCUT2D eigenvalue weighted by Gasteiger charge is -2.36. The summed E-state index contributed by atoms with van der Waals surface area (Å²) >= 11 is 6.01. The first-order valence-corrected chi connectivity index (χ1v) is 6.98. The van der Waals surface area contributed by atoms with Gasteiger partial charge in [0.15, 0.2) is 0 Å². The zero-order valence-electron chi connectivity index (χ0n) is 11.4. The predicted molar refractivity (Wildman–Crippen MR) is 75.4 cm³/mol. The molecule has 1 unspecified atom stereocenters. The molecule has 2 rings (SSSR count).